The van der Waals surface area contributed by atoms with Gasteiger partial charge in [-0.2, -0.15) is 0 Å². The third kappa shape index (κ3) is 5.48. The normalized spacial score (nSPS) is 12.7. The lowest BCUT2D eigenvalue weighted by Gasteiger charge is -2.34. The lowest BCUT2D eigenvalue weighted by Crippen LogP contribution is -2.28. The average Bonchev–Trinajstić information content (AvgIpc) is 3.64. The van der Waals surface area contributed by atoms with Crippen molar-refractivity contribution in [2.24, 2.45) is 0 Å². The minimum atomic E-state index is -0.560. The zero-order valence-electron chi connectivity index (χ0n) is 33.2. The molecule has 0 spiro atoms. The number of hydrogen-bond acceptors (Lipinski definition) is 3. The third-order valence-electron chi connectivity index (χ3n) is 12.6. The van der Waals surface area contributed by atoms with Gasteiger partial charge in [-0.3, -0.25) is 0 Å². The van der Waals surface area contributed by atoms with Gasteiger partial charge < -0.3 is 0 Å². The molecule has 1 heterocycles. The van der Waals surface area contributed by atoms with E-state index in [4.69, 9.17) is 15.0 Å². The van der Waals surface area contributed by atoms with Crippen LogP contribution >= 0.6 is 0 Å². The summed E-state index contributed by atoms with van der Waals surface area (Å²) in [6.45, 7) is 0. The molecular formula is C58H37N3. The van der Waals surface area contributed by atoms with Gasteiger partial charge in [-0.25, -0.2) is 15.0 Å². The summed E-state index contributed by atoms with van der Waals surface area (Å²) in [5.74, 6) is 1.89. The lowest BCUT2D eigenvalue weighted by atomic mass is 9.67. The summed E-state index contributed by atoms with van der Waals surface area (Å²) in [6, 6.07) is 80.5. The van der Waals surface area contributed by atoms with Gasteiger partial charge in [0.15, 0.2) is 17.5 Å². The van der Waals surface area contributed by atoms with Crippen molar-refractivity contribution < 1.29 is 0 Å². The van der Waals surface area contributed by atoms with Crippen molar-refractivity contribution >= 4 is 32.3 Å². The fourth-order valence-electron chi connectivity index (χ4n) is 9.93. The Morgan fingerprint density at radius 1 is 0.279 bits per heavy atom. The molecule has 1 aromatic heterocycles. The highest BCUT2D eigenvalue weighted by Crippen LogP contribution is 2.56. The molecule has 0 atom stereocenters. The van der Waals surface area contributed by atoms with Crippen LogP contribution in [0.5, 0.6) is 0 Å². The highest BCUT2D eigenvalue weighted by atomic mass is 15.0. The summed E-state index contributed by atoms with van der Waals surface area (Å²) >= 11 is 0. The zero-order valence-corrected chi connectivity index (χ0v) is 33.2. The fourth-order valence-corrected chi connectivity index (χ4v) is 9.93. The summed E-state index contributed by atoms with van der Waals surface area (Å²) < 4.78 is 0. The molecule has 1 aliphatic rings. The summed E-state index contributed by atoms with van der Waals surface area (Å²) in [5, 5.41) is 6.91. The average molecular weight is 776 g/mol. The maximum absolute atomic E-state index is 5.53. The first-order valence-corrected chi connectivity index (χ1v) is 20.9. The smallest absolute Gasteiger partial charge is 0.165 e. The SMILES string of the molecule is c1ccc(-c2ccccc2-c2nc(-c3ccc4c(c3)C(c3ccccc3)(c3ccccc3)c3ccccc3-4)nc(-c3c4ccccc4cc4c3ccc3ccccc34)n2)cc1. The third-order valence-corrected chi connectivity index (χ3v) is 12.6. The van der Waals surface area contributed by atoms with Crippen LogP contribution in [-0.4, -0.2) is 15.0 Å². The van der Waals surface area contributed by atoms with Crippen LogP contribution in [0.2, 0.25) is 0 Å². The first kappa shape index (κ1) is 35.0. The predicted molar refractivity (Wildman–Crippen MR) is 251 cm³/mol. The molecule has 10 aromatic carbocycles. The van der Waals surface area contributed by atoms with E-state index in [9.17, 15) is 0 Å². The summed E-state index contributed by atoms with van der Waals surface area (Å²) in [6.07, 6.45) is 0. The molecule has 0 unspecified atom stereocenters. The molecule has 12 rings (SSSR count). The van der Waals surface area contributed by atoms with E-state index in [1.807, 2.05) is 0 Å². The van der Waals surface area contributed by atoms with Gasteiger partial charge in [0.25, 0.3) is 0 Å². The van der Waals surface area contributed by atoms with E-state index in [1.54, 1.807) is 0 Å². The van der Waals surface area contributed by atoms with Crippen LogP contribution in [0.25, 0.3) is 88.7 Å². The van der Waals surface area contributed by atoms with Crippen molar-refractivity contribution in [2.75, 3.05) is 0 Å². The lowest BCUT2D eigenvalue weighted by molar-refractivity contribution is 0.768. The molecular weight excluding hydrogens is 739 g/mol. The molecule has 0 saturated carbocycles. The van der Waals surface area contributed by atoms with Crippen molar-refractivity contribution in [1.29, 1.82) is 0 Å². The van der Waals surface area contributed by atoms with Gasteiger partial charge in [-0.15, -0.1) is 0 Å². The molecule has 0 saturated heterocycles. The molecule has 0 amide bonds. The molecule has 61 heavy (non-hydrogen) atoms. The number of rotatable bonds is 6. The van der Waals surface area contributed by atoms with E-state index < -0.39 is 5.41 Å². The Bertz CT molecular complexity index is 3430. The topological polar surface area (TPSA) is 38.7 Å². The summed E-state index contributed by atoms with van der Waals surface area (Å²) in [4.78, 5) is 16.4. The van der Waals surface area contributed by atoms with Gasteiger partial charge in [-0.05, 0) is 89.0 Å². The van der Waals surface area contributed by atoms with Crippen molar-refractivity contribution in [2.45, 2.75) is 5.41 Å². The van der Waals surface area contributed by atoms with Crippen LogP contribution in [0.4, 0.5) is 0 Å². The molecule has 11 aromatic rings. The predicted octanol–water partition coefficient (Wildman–Crippen LogP) is 14.4. The number of hydrogen-bond donors (Lipinski definition) is 0. The minimum absolute atomic E-state index is 0.560. The Kier molecular flexibility index (Phi) is 8.07. The fraction of sp³-hybridized carbons (Fsp3) is 0.0172. The Morgan fingerprint density at radius 2 is 0.836 bits per heavy atom. The molecule has 3 heteroatoms. The highest BCUT2D eigenvalue weighted by Gasteiger charge is 2.46. The summed E-state index contributed by atoms with van der Waals surface area (Å²) in [5.41, 5.74) is 11.8. The Morgan fingerprint density at radius 3 is 1.59 bits per heavy atom. The highest BCUT2D eigenvalue weighted by molar-refractivity contribution is 6.19. The molecule has 0 radical (unpaired) electrons. The van der Waals surface area contributed by atoms with Crippen molar-refractivity contribution in [3.63, 3.8) is 0 Å². The van der Waals surface area contributed by atoms with Gasteiger partial charge in [0.2, 0.25) is 0 Å². The molecule has 1 aliphatic carbocycles. The van der Waals surface area contributed by atoms with E-state index in [-0.39, 0.29) is 0 Å². The second-order valence-electron chi connectivity index (χ2n) is 15.9. The summed E-state index contributed by atoms with van der Waals surface area (Å²) in [7, 11) is 0. The van der Waals surface area contributed by atoms with E-state index in [0.717, 1.165) is 44.0 Å². The Hall–Kier alpha value is -8.01. The molecule has 0 aliphatic heterocycles. The van der Waals surface area contributed by atoms with Gasteiger partial charge >= 0.3 is 0 Å². The van der Waals surface area contributed by atoms with E-state index in [2.05, 4.69) is 224 Å². The van der Waals surface area contributed by atoms with Crippen molar-refractivity contribution in [3.05, 3.63) is 247 Å². The van der Waals surface area contributed by atoms with Gasteiger partial charge in [0.05, 0.1) is 5.41 Å². The maximum Gasteiger partial charge on any atom is 0.165 e. The van der Waals surface area contributed by atoms with Gasteiger partial charge in [0.1, 0.15) is 0 Å². The zero-order chi connectivity index (χ0) is 40.3. The van der Waals surface area contributed by atoms with Crippen LogP contribution in [0.15, 0.2) is 224 Å². The van der Waals surface area contributed by atoms with Crippen molar-refractivity contribution in [1.82, 2.24) is 15.0 Å². The first-order chi connectivity index (χ1) is 30.3. The van der Waals surface area contributed by atoms with Gasteiger partial charge in [-0.1, -0.05) is 212 Å². The maximum atomic E-state index is 5.53. The van der Waals surface area contributed by atoms with E-state index >= 15 is 0 Å². The Balaban J connectivity index is 1.17. The molecule has 284 valence electrons. The Labute approximate surface area is 354 Å². The molecule has 0 bridgehead atoms. The van der Waals surface area contributed by atoms with Crippen LogP contribution in [-0.2, 0) is 5.41 Å². The number of fused-ring (bicyclic) bond motifs is 7. The molecule has 0 N–H and O–H groups in total. The largest absolute Gasteiger partial charge is 0.208 e. The van der Waals surface area contributed by atoms with Crippen LogP contribution < -0.4 is 0 Å². The molecule has 0 fully saturated rings. The van der Waals surface area contributed by atoms with Crippen LogP contribution in [0.1, 0.15) is 22.3 Å². The van der Waals surface area contributed by atoms with Crippen molar-refractivity contribution in [3.8, 4) is 56.4 Å². The monoisotopic (exact) mass is 775 g/mol. The van der Waals surface area contributed by atoms with E-state index in [0.29, 0.717) is 17.5 Å². The quantitative estimate of drug-likeness (QED) is 0.125. The first-order valence-electron chi connectivity index (χ1n) is 20.9. The minimum Gasteiger partial charge on any atom is -0.208 e. The van der Waals surface area contributed by atoms with Gasteiger partial charge in [0, 0.05) is 16.7 Å². The number of benzene rings is 10. The van der Waals surface area contributed by atoms with Crippen LogP contribution in [0, 0.1) is 0 Å². The second kappa shape index (κ2) is 14.1. The number of aromatic nitrogens is 3. The standard InChI is InChI=1S/C58H37N3/c1-4-18-38(19-5-1)44-26-14-15-30-50(44)56-59-55(60-57(61-56)54-46-28-13-11-21-40(46)36-51-45-27-12-10-20-39(45)32-35-49(51)54)41-33-34-48-47-29-16-17-31-52(47)58(53(48)37-41,42-22-6-2-7-23-42)43-24-8-3-9-25-43/h1-37H. The van der Waals surface area contributed by atoms with Crippen LogP contribution in [0.3, 0.4) is 0 Å². The molecule has 3 nitrogen and oxygen atoms in total. The second-order valence-corrected chi connectivity index (χ2v) is 15.9. The number of nitrogens with zero attached hydrogens (tertiary/aromatic N) is 3. The van der Waals surface area contributed by atoms with E-state index in [1.165, 1.54) is 49.5 Å².